The molecular formula is C16H20O5. The number of hydrogen-bond acceptors (Lipinski definition) is 4. The third kappa shape index (κ3) is 4.21. The van der Waals surface area contributed by atoms with E-state index in [1.165, 1.54) is 12.1 Å². The molecule has 1 aromatic rings. The number of ether oxygens (including phenoxy) is 2. The minimum Gasteiger partial charge on any atom is -0.490 e. The predicted octanol–water partition coefficient (Wildman–Crippen LogP) is 2.88. The Balaban J connectivity index is 1.80. The van der Waals surface area contributed by atoms with Gasteiger partial charge in [0.25, 0.3) is 0 Å². The van der Waals surface area contributed by atoms with Crippen molar-refractivity contribution < 1.29 is 24.2 Å². The van der Waals surface area contributed by atoms with Crippen molar-refractivity contribution in [2.75, 3.05) is 0 Å². The van der Waals surface area contributed by atoms with E-state index >= 15 is 0 Å². The van der Waals surface area contributed by atoms with E-state index in [-0.39, 0.29) is 23.6 Å². The summed E-state index contributed by atoms with van der Waals surface area (Å²) in [5.74, 6) is -0.626. The van der Waals surface area contributed by atoms with Crippen molar-refractivity contribution in [1.29, 1.82) is 0 Å². The van der Waals surface area contributed by atoms with Crippen molar-refractivity contribution in [3.8, 4) is 5.75 Å². The van der Waals surface area contributed by atoms with E-state index < -0.39 is 11.6 Å². The van der Waals surface area contributed by atoms with Gasteiger partial charge in [-0.1, -0.05) is 0 Å². The van der Waals surface area contributed by atoms with E-state index in [4.69, 9.17) is 14.6 Å². The molecule has 0 saturated heterocycles. The molecule has 1 aromatic carbocycles. The number of hydrogen-bond donors (Lipinski definition) is 1. The lowest BCUT2D eigenvalue weighted by atomic mass is 9.82. The van der Waals surface area contributed by atoms with Crippen LogP contribution >= 0.6 is 0 Å². The summed E-state index contributed by atoms with van der Waals surface area (Å²) in [6, 6.07) is 6.26. The number of carboxylic acid groups (broad SMARTS) is 1. The molecule has 0 radical (unpaired) electrons. The van der Waals surface area contributed by atoms with Crippen LogP contribution in [0.2, 0.25) is 0 Å². The standard InChI is InChI=1S/C16H20O5/c1-16(2,3)21-15(19)11-8-13(9-11)20-12-6-4-10(5-7-12)14(17)18/h4-7,11,13H,8-9H2,1-3H3,(H,17,18). The molecule has 1 N–H and O–H groups in total. The first-order chi connectivity index (χ1) is 9.74. The summed E-state index contributed by atoms with van der Waals surface area (Å²) in [7, 11) is 0. The van der Waals surface area contributed by atoms with E-state index in [1.807, 2.05) is 20.8 Å². The van der Waals surface area contributed by atoms with E-state index in [9.17, 15) is 9.59 Å². The van der Waals surface area contributed by atoms with Crippen LogP contribution in [0.1, 0.15) is 44.0 Å². The molecule has 0 amide bonds. The van der Waals surface area contributed by atoms with Crippen molar-refractivity contribution in [3.05, 3.63) is 29.8 Å². The lowest BCUT2D eigenvalue weighted by Gasteiger charge is -2.35. The topological polar surface area (TPSA) is 72.8 Å². The first-order valence-corrected chi connectivity index (χ1v) is 6.97. The molecule has 0 atom stereocenters. The fourth-order valence-corrected chi connectivity index (χ4v) is 2.11. The minimum atomic E-state index is -0.963. The zero-order valence-electron chi connectivity index (χ0n) is 12.5. The monoisotopic (exact) mass is 292 g/mol. The summed E-state index contributed by atoms with van der Waals surface area (Å²) < 4.78 is 11.0. The van der Waals surface area contributed by atoms with Crippen LogP contribution in [0.5, 0.6) is 5.75 Å². The van der Waals surface area contributed by atoms with Gasteiger partial charge in [-0.15, -0.1) is 0 Å². The molecule has 1 aliphatic carbocycles. The molecule has 1 aliphatic rings. The molecule has 21 heavy (non-hydrogen) atoms. The van der Waals surface area contributed by atoms with Crippen LogP contribution in [0.4, 0.5) is 0 Å². The number of rotatable bonds is 4. The van der Waals surface area contributed by atoms with Gasteiger partial charge in [-0.3, -0.25) is 4.79 Å². The zero-order valence-corrected chi connectivity index (χ0v) is 12.5. The molecule has 0 heterocycles. The predicted molar refractivity (Wildman–Crippen MR) is 76.4 cm³/mol. The summed E-state index contributed by atoms with van der Waals surface area (Å²) in [4.78, 5) is 22.6. The van der Waals surface area contributed by atoms with Crippen LogP contribution in [0.3, 0.4) is 0 Å². The summed E-state index contributed by atoms with van der Waals surface area (Å²) in [6.07, 6.45) is 1.25. The second-order valence-corrected chi connectivity index (χ2v) is 6.27. The van der Waals surface area contributed by atoms with Crippen LogP contribution in [-0.2, 0) is 9.53 Å². The van der Waals surface area contributed by atoms with E-state index in [1.54, 1.807) is 12.1 Å². The van der Waals surface area contributed by atoms with Gasteiger partial charge in [0.15, 0.2) is 0 Å². The van der Waals surface area contributed by atoms with Crippen LogP contribution in [0.25, 0.3) is 0 Å². The average molecular weight is 292 g/mol. The van der Waals surface area contributed by atoms with Crippen molar-refractivity contribution in [3.63, 3.8) is 0 Å². The van der Waals surface area contributed by atoms with Crippen LogP contribution in [-0.4, -0.2) is 28.8 Å². The number of carboxylic acids is 1. The first-order valence-electron chi connectivity index (χ1n) is 6.97. The van der Waals surface area contributed by atoms with Gasteiger partial charge in [0.2, 0.25) is 0 Å². The first kappa shape index (κ1) is 15.4. The summed E-state index contributed by atoms with van der Waals surface area (Å²) in [5.41, 5.74) is -0.238. The van der Waals surface area contributed by atoms with Gasteiger partial charge >= 0.3 is 11.9 Å². The second-order valence-electron chi connectivity index (χ2n) is 6.27. The second kappa shape index (κ2) is 5.76. The molecule has 5 heteroatoms. The minimum absolute atomic E-state index is 0.0156. The highest BCUT2D eigenvalue weighted by Crippen LogP contribution is 2.33. The quantitative estimate of drug-likeness (QED) is 0.864. The highest BCUT2D eigenvalue weighted by molar-refractivity contribution is 5.87. The maximum atomic E-state index is 11.8. The zero-order chi connectivity index (χ0) is 15.6. The lowest BCUT2D eigenvalue weighted by molar-refractivity contribution is -0.166. The summed E-state index contributed by atoms with van der Waals surface area (Å²) >= 11 is 0. The lowest BCUT2D eigenvalue weighted by Crippen LogP contribution is -2.41. The third-order valence-electron chi connectivity index (χ3n) is 3.24. The normalized spacial score (nSPS) is 21.3. The van der Waals surface area contributed by atoms with Crippen molar-refractivity contribution in [1.82, 2.24) is 0 Å². The van der Waals surface area contributed by atoms with Crippen LogP contribution < -0.4 is 4.74 Å². The van der Waals surface area contributed by atoms with E-state index in [0.717, 1.165) is 0 Å². The van der Waals surface area contributed by atoms with Crippen molar-refractivity contribution in [2.24, 2.45) is 5.92 Å². The molecule has 0 aromatic heterocycles. The Labute approximate surface area is 123 Å². The third-order valence-corrected chi connectivity index (χ3v) is 3.24. The van der Waals surface area contributed by atoms with Gasteiger partial charge in [0.1, 0.15) is 17.5 Å². The maximum Gasteiger partial charge on any atom is 0.335 e. The number of carbonyl (C=O) groups excluding carboxylic acids is 1. The SMILES string of the molecule is CC(C)(C)OC(=O)C1CC(Oc2ccc(C(=O)O)cc2)C1. The molecule has 2 rings (SSSR count). The van der Waals surface area contributed by atoms with Gasteiger partial charge < -0.3 is 14.6 Å². The Morgan fingerprint density at radius 1 is 1.14 bits per heavy atom. The Morgan fingerprint density at radius 2 is 1.71 bits per heavy atom. The van der Waals surface area contributed by atoms with Gasteiger partial charge in [-0.05, 0) is 57.9 Å². The van der Waals surface area contributed by atoms with Gasteiger partial charge in [-0.25, -0.2) is 4.79 Å². The number of aromatic carboxylic acids is 1. The van der Waals surface area contributed by atoms with Gasteiger partial charge in [0.05, 0.1) is 11.5 Å². The highest BCUT2D eigenvalue weighted by atomic mass is 16.6. The average Bonchev–Trinajstić information content (AvgIpc) is 2.31. The van der Waals surface area contributed by atoms with Gasteiger partial charge in [0, 0.05) is 0 Å². The molecule has 0 bridgehead atoms. The molecule has 1 fully saturated rings. The smallest absolute Gasteiger partial charge is 0.335 e. The van der Waals surface area contributed by atoms with Crippen LogP contribution in [0.15, 0.2) is 24.3 Å². The molecule has 0 spiro atoms. The Hall–Kier alpha value is -2.04. The fraction of sp³-hybridized carbons (Fsp3) is 0.500. The van der Waals surface area contributed by atoms with Crippen molar-refractivity contribution in [2.45, 2.75) is 45.3 Å². The highest BCUT2D eigenvalue weighted by Gasteiger charge is 2.38. The molecule has 1 saturated carbocycles. The molecule has 114 valence electrons. The molecule has 0 unspecified atom stereocenters. The molecular weight excluding hydrogens is 272 g/mol. The van der Waals surface area contributed by atoms with E-state index in [2.05, 4.69) is 0 Å². The summed E-state index contributed by atoms with van der Waals surface area (Å²) in [6.45, 7) is 5.55. The Kier molecular flexibility index (Phi) is 4.21. The number of benzene rings is 1. The van der Waals surface area contributed by atoms with Crippen LogP contribution in [0, 0.1) is 5.92 Å². The van der Waals surface area contributed by atoms with Crippen molar-refractivity contribution >= 4 is 11.9 Å². The van der Waals surface area contributed by atoms with E-state index in [0.29, 0.717) is 18.6 Å². The molecule has 5 nitrogen and oxygen atoms in total. The summed E-state index contributed by atoms with van der Waals surface area (Å²) in [5, 5.41) is 8.81. The molecule has 0 aliphatic heterocycles. The Morgan fingerprint density at radius 3 is 2.19 bits per heavy atom. The Bertz CT molecular complexity index is 521. The number of esters is 1. The largest absolute Gasteiger partial charge is 0.490 e. The maximum absolute atomic E-state index is 11.8. The van der Waals surface area contributed by atoms with Gasteiger partial charge in [-0.2, -0.15) is 0 Å². The fourth-order valence-electron chi connectivity index (χ4n) is 2.11. The number of carbonyl (C=O) groups is 2.